The van der Waals surface area contributed by atoms with Crippen LogP contribution >= 0.6 is 11.6 Å². The van der Waals surface area contributed by atoms with Gasteiger partial charge in [0.05, 0.1) is 17.7 Å². The Hall–Kier alpha value is -3.27. The summed E-state index contributed by atoms with van der Waals surface area (Å²) in [5.74, 6) is 0.567. The third-order valence-corrected chi connectivity index (χ3v) is 7.19. The second kappa shape index (κ2) is 12.3. The molecule has 5 rings (SSSR count). The van der Waals surface area contributed by atoms with Crippen LogP contribution in [0.1, 0.15) is 47.0 Å². The van der Waals surface area contributed by atoms with Crippen molar-refractivity contribution in [3.05, 3.63) is 112 Å². The number of tetrazole rings is 1. The molecule has 1 fully saturated rings. The first-order valence-corrected chi connectivity index (χ1v) is 13.3. The van der Waals surface area contributed by atoms with Gasteiger partial charge in [0.1, 0.15) is 0 Å². The Labute approximate surface area is 230 Å². The third-order valence-electron chi connectivity index (χ3n) is 6.94. The maximum Gasteiger partial charge on any atom is 0.416 e. The summed E-state index contributed by atoms with van der Waals surface area (Å²) in [7, 11) is 0. The van der Waals surface area contributed by atoms with Gasteiger partial charge in [-0.1, -0.05) is 66.2 Å². The van der Waals surface area contributed by atoms with E-state index in [1.807, 2.05) is 54.6 Å². The SMILES string of the molecule is FC(F)(F)c1ccc([C@H](c2nnnn2CCc2ccccc2)N(Cc2ccc(Cl)cc2)C[C@H]2CCCO2)cc1. The summed E-state index contributed by atoms with van der Waals surface area (Å²) < 4.78 is 47.9. The van der Waals surface area contributed by atoms with Crippen molar-refractivity contribution in [2.75, 3.05) is 13.2 Å². The summed E-state index contributed by atoms with van der Waals surface area (Å²) in [6, 6.07) is 22.4. The van der Waals surface area contributed by atoms with E-state index in [9.17, 15) is 13.2 Å². The Morgan fingerprint density at radius 2 is 1.72 bits per heavy atom. The number of halogens is 4. The molecule has 1 aliphatic heterocycles. The highest BCUT2D eigenvalue weighted by molar-refractivity contribution is 6.30. The molecular formula is C29H29ClF3N5O. The lowest BCUT2D eigenvalue weighted by Crippen LogP contribution is -2.37. The Morgan fingerprint density at radius 3 is 2.38 bits per heavy atom. The average molecular weight is 556 g/mol. The molecule has 204 valence electrons. The van der Waals surface area contributed by atoms with Crippen LogP contribution in [0.2, 0.25) is 5.02 Å². The van der Waals surface area contributed by atoms with Crippen LogP contribution in [-0.2, 0) is 30.4 Å². The average Bonchev–Trinajstić information content (AvgIpc) is 3.62. The quantitative estimate of drug-likeness (QED) is 0.228. The van der Waals surface area contributed by atoms with Crippen molar-refractivity contribution in [1.29, 1.82) is 0 Å². The van der Waals surface area contributed by atoms with Gasteiger partial charge in [-0.15, -0.1) is 5.10 Å². The van der Waals surface area contributed by atoms with Crippen LogP contribution in [0, 0.1) is 0 Å². The summed E-state index contributed by atoms with van der Waals surface area (Å²) >= 11 is 6.13. The zero-order valence-corrected chi connectivity index (χ0v) is 22.0. The summed E-state index contributed by atoms with van der Waals surface area (Å²) in [6.07, 6.45) is -1.83. The molecule has 3 aromatic carbocycles. The first-order chi connectivity index (χ1) is 18.9. The number of alkyl halides is 3. The zero-order chi connectivity index (χ0) is 27.2. The fourth-order valence-electron chi connectivity index (χ4n) is 4.96. The van der Waals surface area contributed by atoms with E-state index in [0.717, 1.165) is 36.1 Å². The lowest BCUT2D eigenvalue weighted by Gasteiger charge is -2.33. The molecule has 0 bridgehead atoms. The van der Waals surface area contributed by atoms with Gasteiger partial charge in [0, 0.05) is 31.3 Å². The molecule has 2 heterocycles. The zero-order valence-electron chi connectivity index (χ0n) is 21.3. The summed E-state index contributed by atoms with van der Waals surface area (Å²) in [5.41, 5.74) is 2.13. The van der Waals surface area contributed by atoms with Gasteiger partial charge in [-0.05, 0) is 70.6 Å². The van der Waals surface area contributed by atoms with Crippen LogP contribution in [-0.4, -0.2) is 44.4 Å². The van der Waals surface area contributed by atoms with Crippen LogP contribution < -0.4 is 0 Å². The van der Waals surface area contributed by atoms with Crippen molar-refractivity contribution in [2.45, 2.75) is 50.7 Å². The number of nitrogens with zero attached hydrogens (tertiary/aromatic N) is 5. The van der Waals surface area contributed by atoms with Crippen molar-refractivity contribution in [1.82, 2.24) is 25.1 Å². The van der Waals surface area contributed by atoms with Crippen molar-refractivity contribution in [2.24, 2.45) is 0 Å². The second-order valence-corrected chi connectivity index (χ2v) is 10.1. The van der Waals surface area contributed by atoms with Crippen LogP contribution in [0.15, 0.2) is 78.9 Å². The molecule has 10 heteroatoms. The lowest BCUT2D eigenvalue weighted by molar-refractivity contribution is -0.137. The molecule has 6 nitrogen and oxygen atoms in total. The number of hydrogen-bond donors (Lipinski definition) is 0. The molecular weight excluding hydrogens is 527 g/mol. The molecule has 0 aliphatic carbocycles. The highest BCUT2D eigenvalue weighted by Crippen LogP contribution is 2.34. The van der Waals surface area contributed by atoms with Gasteiger partial charge in [0.25, 0.3) is 0 Å². The van der Waals surface area contributed by atoms with E-state index in [1.54, 1.807) is 4.68 Å². The molecule has 2 atom stereocenters. The first-order valence-electron chi connectivity index (χ1n) is 12.9. The molecule has 39 heavy (non-hydrogen) atoms. The van der Waals surface area contributed by atoms with Crippen LogP contribution in [0.3, 0.4) is 0 Å². The van der Waals surface area contributed by atoms with Crippen LogP contribution in [0.5, 0.6) is 0 Å². The van der Waals surface area contributed by atoms with Gasteiger partial charge < -0.3 is 4.74 Å². The Balaban J connectivity index is 1.53. The Kier molecular flexibility index (Phi) is 8.60. The van der Waals surface area contributed by atoms with Gasteiger partial charge in [-0.25, -0.2) is 4.68 Å². The molecule has 0 spiro atoms. The van der Waals surface area contributed by atoms with E-state index < -0.39 is 17.8 Å². The molecule has 1 saturated heterocycles. The van der Waals surface area contributed by atoms with Crippen molar-refractivity contribution in [3.63, 3.8) is 0 Å². The molecule has 1 aromatic heterocycles. The van der Waals surface area contributed by atoms with E-state index in [2.05, 4.69) is 20.4 Å². The Bertz CT molecular complexity index is 1320. The van der Waals surface area contributed by atoms with E-state index in [-0.39, 0.29) is 6.10 Å². The molecule has 1 aliphatic rings. The highest BCUT2D eigenvalue weighted by Gasteiger charge is 2.34. The predicted molar refractivity (Wildman–Crippen MR) is 142 cm³/mol. The van der Waals surface area contributed by atoms with Crippen LogP contribution in [0.25, 0.3) is 0 Å². The molecule has 0 saturated carbocycles. The van der Waals surface area contributed by atoms with Gasteiger partial charge in [-0.2, -0.15) is 13.2 Å². The number of ether oxygens (including phenoxy) is 1. The maximum absolute atomic E-state index is 13.4. The van der Waals surface area contributed by atoms with Gasteiger partial charge >= 0.3 is 6.18 Å². The maximum atomic E-state index is 13.4. The number of rotatable bonds is 10. The van der Waals surface area contributed by atoms with E-state index in [1.165, 1.54) is 12.1 Å². The first kappa shape index (κ1) is 27.3. The number of aryl methyl sites for hydroxylation is 2. The minimum atomic E-state index is -4.42. The number of benzene rings is 3. The summed E-state index contributed by atoms with van der Waals surface area (Å²) in [4.78, 5) is 2.19. The normalized spacial score (nSPS) is 16.6. The molecule has 4 aromatic rings. The predicted octanol–water partition coefficient (Wildman–Crippen LogP) is 6.36. The molecule has 0 amide bonds. The van der Waals surface area contributed by atoms with E-state index >= 15 is 0 Å². The topological polar surface area (TPSA) is 56.1 Å². The standard InChI is InChI=1S/C29H29ClF3N5O/c30-25-14-8-22(9-15-25)19-37(20-26-7-4-18-39-26)27(23-10-12-24(13-11-23)29(31,32)33)28-34-35-36-38(28)17-16-21-5-2-1-3-6-21/h1-3,5-6,8-15,26-27H,4,7,16-20H2/t26-,27-/m1/s1. The fraction of sp³-hybridized carbons (Fsp3) is 0.345. The van der Waals surface area contributed by atoms with Crippen molar-refractivity contribution >= 4 is 11.6 Å². The Morgan fingerprint density at radius 1 is 0.974 bits per heavy atom. The second-order valence-electron chi connectivity index (χ2n) is 9.71. The minimum Gasteiger partial charge on any atom is -0.377 e. The number of aromatic nitrogens is 4. The lowest BCUT2D eigenvalue weighted by atomic mass is 10.0. The minimum absolute atomic E-state index is 0.00268. The van der Waals surface area contributed by atoms with Gasteiger partial charge in [0.15, 0.2) is 5.82 Å². The largest absolute Gasteiger partial charge is 0.416 e. The van der Waals surface area contributed by atoms with E-state index in [0.29, 0.717) is 49.1 Å². The summed E-state index contributed by atoms with van der Waals surface area (Å²) in [5, 5.41) is 13.3. The fourth-order valence-corrected chi connectivity index (χ4v) is 5.09. The smallest absolute Gasteiger partial charge is 0.377 e. The van der Waals surface area contributed by atoms with Crippen molar-refractivity contribution in [3.8, 4) is 0 Å². The number of hydrogen-bond acceptors (Lipinski definition) is 5. The monoisotopic (exact) mass is 555 g/mol. The third kappa shape index (κ3) is 7.03. The van der Waals surface area contributed by atoms with E-state index in [4.69, 9.17) is 16.3 Å². The molecule has 0 unspecified atom stereocenters. The molecule has 0 N–H and O–H groups in total. The highest BCUT2D eigenvalue weighted by atomic mass is 35.5. The van der Waals surface area contributed by atoms with Crippen LogP contribution in [0.4, 0.5) is 13.2 Å². The molecule has 0 radical (unpaired) electrons. The van der Waals surface area contributed by atoms with Gasteiger partial charge in [0.2, 0.25) is 0 Å². The van der Waals surface area contributed by atoms with Crippen molar-refractivity contribution < 1.29 is 17.9 Å². The van der Waals surface area contributed by atoms with Gasteiger partial charge in [-0.3, -0.25) is 4.90 Å². The summed E-state index contributed by atoms with van der Waals surface area (Å²) in [6.45, 7) is 2.30.